The number of rotatable bonds is 1. The average molecular weight is 240 g/mol. The van der Waals surface area contributed by atoms with Crippen molar-refractivity contribution in [2.75, 3.05) is 19.1 Å². The van der Waals surface area contributed by atoms with Gasteiger partial charge in [-0.1, -0.05) is 24.3 Å². The van der Waals surface area contributed by atoms with Crippen molar-refractivity contribution in [2.24, 2.45) is 0 Å². The van der Waals surface area contributed by atoms with E-state index in [9.17, 15) is 4.79 Å². The molecule has 1 aromatic rings. The Morgan fingerprint density at radius 1 is 1.33 bits per heavy atom. The minimum atomic E-state index is -0.622. The number of fused-ring (bicyclic) bond motifs is 1. The van der Waals surface area contributed by atoms with Gasteiger partial charge in [-0.2, -0.15) is 5.26 Å². The molecule has 0 radical (unpaired) electrons. The summed E-state index contributed by atoms with van der Waals surface area (Å²) in [6.45, 7) is 0. The first-order valence-electron chi connectivity index (χ1n) is 5.42. The second-order valence-electron chi connectivity index (χ2n) is 3.81. The molecule has 0 N–H and O–H groups in total. The summed E-state index contributed by atoms with van der Waals surface area (Å²) in [7, 11) is 3.08. The third-order valence-electron chi connectivity index (χ3n) is 2.84. The number of carbonyl (C=O) groups excluding carboxylic acids is 1. The maximum atomic E-state index is 11.5. The topological polar surface area (TPSA) is 53.3 Å². The number of nitrogens with zero attached hydrogens (tertiary/aromatic N) is 2. The van der Waals surface area contributed by atoms with Crippen LogP contribution in [0.5, 0.6) is 0 Å². The fourth-order valence-corrected chi connectivity index (χ4v) is 1.90. The van der Waals surface area contributed by atoms with E-state index in [1.165, 1.54) is 7.11 Å². The predicted octanol–water partition coefficient (Wildman–Crippen LogP) is 2.10. The molecule has 1 aromatic carbocycles. The Bertz CT molecular complexity index is 594. The Balaban J connectivity index is 2.55. The van der Waals surface area contributed by atoms with Gasteiger partial charge in [0.2, 0.25) is 0 Å². The van der Waals surface area contributed by atoms with Crippen molar-refractivity contribution in [3.63, 3.8) is 0 Å². The van der Waals surface area contributed by atoms with Crippen LogP contribution in [0.4, 0.5) is 5.69 Å². The minimum absolute atomic E-state index is 0.00533. The SMILES string of the molecule is COC(=O)C(C#N)=C1C=Cc2ccccc2N1C. The lowest BCUT2D eigenvalue weighted by atomic mass is 10.0. The van der Waals surface area contributed by atoms with Crippen molar-refractivity contribution in [3.8, 4) is 6.07 Å². The van der Waals surface area contributed by atoms with Gasteiger partial charge < -0.3 is 9.64 Å². The van der Waals surface area contributed by atoms with Crippen molar-refractivity contribution in [2.45, 2.75) is 0 Å². The first-order chi connectivity index (χ1) is 8.69. The van der Waals surface area contributed by atoms with E-state index in [4.69, 9.17) is 5.26 Å². The van der Waals surface area contributed by atoms with Gasteiger partial charge in [-0.25, -0.2) is 4.79 Å². The van der Waals surface area contributed by atoms with Crippen molar-refractivity contribution < 1.29 is 9.53 Å². The normalized spacial score (nSPS) is 15.7. The van der Waals surface area contributed by atoms with Crippen LogP contribution >= 0.6 is 0 Å². The Kier molecular flexibility index (Phi) is 3.16. The number of hydrogen-bond acceptors (Lipinski definition) is 4. The van der Waals surface area contributed by atoms with Crippen molar-refractivity contribution in [1.29, 1.82) is 5.26 Å². The summed E-state index contributed by atoms with van der Waals surface area (Å²) in [5.74, 6) is -0.622. The highest BCUT2D eigenvalue weighted by Crippen LogP contribution is 2.30. The van der Waals surface area contributed by atoms with Gasteiger partial charge in [0.1, 0.15) is 6.07 Å². The van der Waals surface area contributed by atoms with Gasteiger partial charge in [-0.15, -0.1) is 0 Å². The summed E-state index contributed by atoms with van der Waals surface area (Å²) >= 11 is 0. The second kappa shape index (κ2) is 4.76. The number of esters is 1. The molecule has 4 heteroatoms. The van der Waals surface area contributed by atoms with E-state index in [-0.39, 0.29) is 5.57 Å². The molecule has 18 heavy (non-hydrogen) atoms. The molecule has 1 aliphatic rings. The maximum absolute atomic E-state index is 11.5. The largest absolute Gasteiger partial charge is 0.465 e. The van der Waals surface area contributed by atoms with Gasteiger partial charge in [0.25, 0.3) is 0 Å². The number of allylic oxidation sites excluding steroid dienone is 1. The van der Waals surface area contributed by atoms with Crippen LogP contribution in [-0.4, -0.2) is 20.1 Å². The zero-order valence-corrected chi connectivity index (χ0v) is 10.2. The predicted molar refractivity (Wildman–Crippen MR) is 68.5 cm³/mol. The highest BCUT2D eigenvalue weighted by Gasteiger charge is 2.21. The van der Waals surface area contributed by atoms with E-state index < -0.39 is 5.97 Å². The van der Waals surface area contributed by atoms with Crippen LogP contribution in [0.25, 0.3) is 6.08 Å². The number of carbonyl (C=O) groups is 1. The van der Waals surface area contributed by atoms with Crippen molar-refractivity contribution in [3.05, 3.63) is 47.2 Å². The molecule has 0 aromatic heterocycles. The summed E-state index contributed by atoms with van der Waals surface area (Å²) < 4.78 is 4.61. The summed E-state index contributed by atoms with van der Waals surface area (Å²) in [6, 6.07) is 9.66. The number of methoxy groups -OCH3 is 1. The zero-order chi connectivity index (χ0) is 13.1. The molecule has 1 aliphatic heterocycles. The quantitative estimate of drug-likeness (QED) is 0.428. The van der Waals surface area contributed by atoms with E-state index in [2.05, 4.69) is 4.74 Å². The molecular weight excluding hydrogens is 228 g/mol. The molecule has 4 nitrogen and oxygen atoms in total. The molecule has 0 aliphatic carbocycles. The first kappa shape index (κ1) is 11.9. The number of hydrogen-bond donors (Lipinski definition) is 0. The van der Waals surface area contributed by atoms with Gasteiger partial charge in [-0.05, 0) is 17.7 Å². The molecule has 0 unspecified atom stereocenters. The third-order valence-corrected chi connectivity index (χ3v) is 2.84. The molecular formula is C14H12N2O2. The molecule has 90 valence electrons. The van der Waals surface area contributed by atoms with Gasteiger partial charge >= 0.3 is 5.97 Å². The molecule has 0 saturated heterocycles. The Labute approximate surface area is 105 Å². The average Bonchev–Trinajstić information content (AvgIpc) is 2.42. The van der Waals surface area contributed by atoms with Gasteiger partial charge in [0.15, 0.2) is 5.57 Å². The van der Waals surface area contributed by atoms with Crippen molar-refractivity contribution >= 4 is 17.7 Å². The minimum Gasteiger partial charge on any atom is -0.465 e. The lowest BCUT2D eigenvalue weighted by Crippen LogP contribution is -2.22. The first-order valence-corrected chi connectivity index (χ1v) is 5.42. The number of ether oxygens (including phenoxy) is 1. The van der Waals surface area contributed by atoms with E-state index in [1.54, 1.807) is 6.08 Å². The molecule has 0 fully saturated rings. The molecule has 2 rings (SSSR count). The summed E-state index contributed by atoms with van der Waals surface area (Å²) in [5, 5.41) is 9.08. The van der Waals surface area contributed by atoms with E-state index >= 15 is 0 Å². The Hall–Kier alpha value is -2.54. The molecule has 1 heterocycles. The fraction of sp³-hybridized carbons (Fsp3) is 0.143. The molecule has 0 atom stereocenters. The number of anilines is 1. The number of benzene rings is 1. The van der Waals surface area contributed by atoms with Crippen molar-refractivity contribution in [1.82, 2.24) is 0 Å². The maximum Gasteiger partial charge on any atom is 0.350 e. The summed E-state index contributed by atoms with van der Waals surface area (Å²) in [5.41, 5.74) is 2.55. The number of likely N-dealkylation sites (N-methyl/N-ethyl adjacent to an activating group) is 1. The van der Waals surface area contributed by atoms with Crippen LogP contribution in [0.15, 0.2) is 41.6 Å². The Morgan fingerprint density at radius 3 is 2.72 bits per heavy atom. The Morgan fingerprint density at radius 2 is 2.06 bits per heavy atom. The molecule has 0 amide bonds. The molecule has 0 spiro atoms. The van der Waals surface area contributed by atoms with Gasteiger partial charge in [0.05, 0.1) is 12.8 Å². The van der Waals surface area contributed by atoms with Gasteiger partial charge in [-0.3, -0.25) is 0 Å². The van der Waals surface area contributed by atoms with Crippen LogP contribution in [0.1, 0.15) is 5.56 Å². The smallest absolute Gasteiger partial charge is 0.350 e. The van der Waals surface area contributed by atoms with Gasteiger partial charge in [0, 0.05) is 12.7 Å². The second-order valence-corrected chi connectivity index (χ2v) is 3.81. The molecule has 0 saturated carbocycles. The van der Waals surface area contributed by atoms with E-state index in [0.29, 0.717) is 5.70 Å². The monoisotopic (exact) mass is 240 g/mol. The number of nitriles is 1. The number of para-hydroxylation sites is 1. The summed E-state index contributed by atoms with van der Waals surface area (Å²) in [6.07, 6.45) is 3.63. The standard InChI is InChI=1S/C14H12N2O2/c1-16-12-6-4-3-5-10(12)7-8-13(16)11(9-15)14(17)18-2/h3-8H,1-2H3. The highest BCUT2D eigenvalue weighted by atomic mass is 16.5. The van der Waals surface area contributed by atoms with Crippen LogP contribution in [0.2, 0.25) is 0 Å². The summed E-state index contributed by atoms with van der Waals surface area (Å²) in [4.78, 5) is 13.3. The van der Waals surface area contributed by atoms with Crippen LogP contribution in [-0.2, 0) is 9.53 Å². The van der Waals surface area contributed by atoms with Crippen LogP contribution < -0.4 is 4.90 Å². The third kappa shape index (κ3) is 1.87. The molecule has 0 bridgehead atoms. The van der Waals surface area contributed by atoms with E-state index in [1.807, 2.05) is 48.4 Å². The highest BCUT2D eigenvalue weighted by molar-refractivity contribution is 5.96. The zero-order valence-electron chi connectivity index (χ0n) is 10.2. The van der Waals surface area contributed by atoms with Crippen LogP contribution in [0, 0.1) is 11.3 Å². The lowest BCUT2D eigenvalue weighted by Gasteiger charge is -2.26. The fourth-order valence-electron chi connectivity index (χ4n) is 1.90. The lowest BCUT2D eigenvalue weighted by molar-refractivity contribution is -0.135. The van der Waals surface area contributed by atoms with E-state index in [0.717, 1.165) is 11.3 Å². The van der Waals surface area contributed by atoms with Crippen LogP contribution in [0.3, 0.4) is 0 Å².